The van der Waals surface area contributed by atoms with E-state index < -0.39 is 0 Å². The van der Waals surface area contributed by atoms with Gasteiger partial charge in [0.1, 0.15) is 5.75 Å². The molecule has 0 aliphatic heterocycles. The zero-order valence-electron chi connectivity index (χ0n) is 13.2. The average Bonchev–Trinajstić information content (AvgIpc) is 2.34. The first-order valence-electron chi connectivity index (χ1n) is 7.40. The molecule has 0 bridgehead atoms. The first-order chi connectivity index (χ1) is 8.95. The number of rotatable bonds is 7. The highest BCUT2D eigenvalue weighted by Crippen LogP contribution is 2.27. The van der Waals surface area contributed by atoms with Crippen LogP contribution in [0.5, 0.6) is 5.75 Å². The van der Waals surface area contributed by atoms with Crippen LogP contribution in [0.3, 0.4) is 0 Å². The topological polar surface area (TPSA) is 21.3 Å². The molecule has 0 heterocycles. The Hall–Kier alpha value is -1.02. The van der Waals surface area contributed by atoms with Gasteiger partial charge in [-0.3, -0.25) is 0 Å². The largest absolute Gasteiger partial charge is 0.493 e. The summed E-state index contributed by atoms with van der Waals surface area (Å²) < 4.78 is 5.84. The van der Waals surface area contributed by atoms with E-state index >= 15 is 0 Å². The molecule has 2 nitrogen and oxygen atoms in total. The minimum atomic E-state index is 0.202. The van der Waals surface area contributed by atoms with Gasteiger partial charge in [0.25, 0.3) is 0 Å². The molecule has 0 spiro atoms. The van der Waals surface area contributed by atoms with E-state index in [0.717, 1.165) is 31.9 Å². The molecule has 0 radical (unpaired) electrons. The lowest BCUT2D eigenvalue weighted by Crippen LogP contribution is -2.18. The Kier molecular flexibility index (Phi) is 6.36. The monoisotopic (exact) mass is 263 g/mol. The van der Waals surface area contributed by atoms with Crippen LogP contribution in [0, 0.1) is 6.92 Å². The number of hydrogen-bond donors (Lipinski definition) is 1. The van der Waals surface area contributed by atoms with E-state index in [1.807, 2.05) is 0 Å². The molecule has 0 saturated carbocycles. The molecule has 0 saturated heterocycles. The van der Waals surface area contributed by atoms with Crippen molar-refractivity contribution in [3.8, 4) is 5.75 Å². The second-order valence-corrected chi connectivity index (χ2v) is 6.18. The van der Waals surface area contributed by atoms with Crippen LogP contribution in [-0.4, -0.2) is 19.7 Å². The summed E-state index contributed by atoms with van der Waals surface area (Å²) in [5, 5.41) is 3.38. The number of aryl methyl sites for hydroxylation is 1. The molecule has 1 aromatic carbocycles. The molecule has 0 amide bonds. The zero-order valence-corrected chi connectivity index (χ0v) is 13.2. The van der Waals surface area contributed by atoms with Crippen LogP contribution in [0.1, 0.15) is 51.7 Å². The summed E-state index contributed by atoms with van der Waals surface area (Å²) in [4.78, 5) is 0. The maximum Gasteiger partial charge on any atom is 0.122 e. The first kappa shape index (κ1) is 16.0. The zero-order chi connectivity index (χ0) is 14.3. The van der Waals surface area contributed by atoms with Crippen molar-refractivity contribution in [3.05, 3.63) is 29.3 Å². The lowest BCUT2D eigenvalue weighted by atomic mass is 9.86. The maximum absolute atomic E-state index is 5.84. The van der Waals surface area contributed by atoms with Crippen LogP contribution in [0.4, 0.5) is 0 Å². The molecule has 19 heavy (non-hydrogen) atoms. The Morgan fingerprint density at radius 2 is 1.89 bits per heavy atom. The molecule has 1 aromatic rings. The molecule has 0 aliphatic carbocycles. The first-order valence-corrected chi connectivity index (χ1v) is 7.40. The van der Waals surface area contributed by atoms with E-state index in [-0.39, 0.29) is 5.41 Å². The molecule has 0 aliphatic rings. The van der Waals surface area contributed by atoms with E-state index in [4.69, 9.17) is 4.74 Å². The summed E-state index contributed by atoms with van der Waals surface area (Å²) in [6.45, 7) is 13.9. The van der Waals surface area contributed by atoms with Crippen LogP contribution < -0.4 is 10.1 Å². The van der Waals surface area contributed by atoms with Crippen molar-refractivity contribution in [2.45, 2.75) is 52.9 Å². The van der Waals surface area contributed by atoms with E-state index in [9.17, 15) is 0 Å². The predicted molar refractivity (Wildman–Crippen MR) is 83.2 cm³/mol. The van der Waals surface area contributed by atoms with Gasteiger partial charge in [0.05, 0.1) is 6.61 Å². The van der Waals surface area contributed by atoms with Gasteiger partial charge in [0.15, 0.2) is 0 Å². The third-order valence-electron chi connectivity index (χ3n) is 3.22. The summed E-state index contributed by atoms with van der Waals surface area (Å²) in [5.74, 6) is 1.02. The second kappa shape index (κ2) is 7.54. The fourth-order valence-electron chi connectivity index (χ4n) is 1.96. The fraction of sp³-hybridized carbons (Fsp3) is 0.647. The highest BCUT2D eigenvalue weighted by atomic mass is 16.5. The minimum Gasteiger partial charge on any atom is -0.493 e. The van der Waals surface area contributed by atoms with Crippen molar-refractivity contribution in [3.63, 3.8) is 0 Å². The van der Waals surface area contributed by atoms with Crippen LogP contribution in [0.15, 0.2) is 18.2 Å². The fourth-order valence-corrected chi connectivity index (χ4v) is 1.96. The van der Waals surface area contributed by atoms with Crippen molar-refractivity contribution in [2.24, 2.45) is 0 Å². The molecule has 108 valence electrons. The number of nitrogens with one attached hydrogen (secondary N) is 1. The molecular formula is C17H29NO. The van der Waals surface area contributed by atoms with Gasteiger partial charge in [0.2, 0.25) is 0 Å². The molecule has 0 atom stereocenters. The van der Waals surface area contributed by atoms with Gasteiger partial charge in [-0.25, -0.2) is 0 Å². The van der Waals surface area contributed by atoms with Crippen molar-refractivity contribution < 1.29 is 4.74 Å². The number of hydrogen-bond acceptors (Lipinski definition) is 2. The van der Waals surface area contributed by atoms with E-state index in [0.29, 0.717) is 0 Å². The normalized spacial score (nSPS) is 11.6. The lowest BCUT2D eigenvalue weighted by molar-refractivity contribution is 0.306. The van der Waals surface area contributed by atoms with Crippen LogP contribution in [0.2, 0.25) is 0 Å². The number of ether oxygens (including phenoxy) is 1. The van der Waals surface area contributed by atoms with Gasteiger partial charge in [-0.15, -0.1) is 0 Å². The second-order valence-electron chi connectivity index (χ2n) is 6.18. The standard InChI is InChI=1S/C17H29NO/c1-6-10-18-11-7-12-19-16-9-8-15(13-14(16)2)17(3,4)5/h8-9,13,18H,6-7,10-12H2,1-5H3. The molecule has 1 rings (SSSR count). The maximum atomic E-state index is 5.84. The summed E-state index contributed by atoms with van der Waals surface area (Å²) in [6, 6.07) is 6.53. The summed E-state index contributed by atoms with van der Waals surface area (Å²) >= 11 is 0. The highest BCUT2D eigenvalue weighted by Gasteiger charge is 2.14. The van der Waals surface area contributed by atoms with Gasteiger partial charge in [-0.05, 0) is 55.5 Å². The van der Waals surface area contributed by atoms with E-state index in [1.165, 1.54) is 17.5 Å². The SMILES string of the molecule is CCCNCCCOc1ccc(C(C)(C)C)cc1C. The van der Waals surface area contributed by atoms with E-state index in [1.54, 1.807) is 0 Å². The Labute approximate surface area is 118 Å². The highest BCUT2D eigenvalue weighted by molar-refractivity contribution is 5.38. The Morgan fingerprint density at radius 3 is 2.47 bits per heavy atom. The smallest absolute Gasteiger partial charge is 0.122 e. The van der Waals surface area contributed by atoms with E-state index in [2.05, 4.69) is 58.1 Å². The van der Waals surface area contributed by atoms with Gasteiger partial charge in [-0.1, -0.05) is 39.8 Å². The molecule has 1 N–H and O–H groups in total. The molecule has 0 unspecified atom stereocenters. The quantitative estimate of drug-likeness (QED) is 0.749. The molecular weight excluding hydrogens is 234 g/mol. The average molecular weight is 263 g/mol. The third kappa shape index (κ3) is 5.65. The van der Waals surface area contributed by atoms with Crippen LogP contribution in [0.25, 0.3) is 0 Å². The van der Waals surface area contributed by atoms with Crippen LogP contribution >= 0.6 is 0 Å². The minimum absolute atomic E-state index is 0.202. The van der Waals surface area contributed by atoms with Crippen LogP contribution in [-0.2, 0) is 5.41 Å². The Balaban J connectivity index is 2.43. The Bertz CT molecular complexity index is 379. The third-order valence-corrected chi connectivity index (χ3v) is 3.22. The van der Waals surface area contributed by atoms with Crippen molar-refractivity contribution in [1.29, 1.82) is 0 Å². The number of benzene rings is 1. The predicted octanol–water partition coefficient (Wildman–Crippen LogP) is 4.06. The van der Waals surface area contributed by atoms with Crippen molar-refractivity contribution in [1.82, 2.24) is 5.32 Å². The molecule has 0 fully saturated rings. The van der Waals surface area contributed by atoms with Gasteiger partial charge in [-0.2, -0.15) is 0 Å². The van der Waals surface area contributed by atoms with Gasteiger partial charge >= 0.3 is 0 Å². The van der Waals surface area contributed by atoms with Gasteiger partial charge < -0.3 is 10.1 Å². The molecule has 0 aromatic heterocycles. The summed E-state index contributed by atoms with van der Waals surface area (Å²) in [5.41, 5.74) is 2.80. The van der Waals surface area contributed by atoms with Gasteiger partial charge in [0, 0.05) is 0 Å². The summed E-state index contributed by atoms with van der Waals surface area (Å²) in [7, 11) is 0. The molecule has 2 heteroatoms. The van der Waals surface area contributed by atoms with Crippen molar-refractivity contribution in [2.75, 3.05) is 19.7 Å². The lowest BCUT2D eigenvalue weighted by Gasteiger charge is -2.20. The Morgan fingerprint density at radius 1 is 1.16 bits per heavy atom. The summed E-state index contributed by atoms with van der Waals surface area (Å²) in [6.07, 6.45) is 2.24. The van der Waals surface area contributed by atoms with Crippen molar-refractivity contribution >= 4 is 0 Å².